The van der Waals surface area contributed by atoms with Gasteiger partial charge in [0.1, 0.15) is 0 Å². The maximum atomic E-state index is 12.3. The molecule has 1 aliphatic heterocycles. The molecule has 2 heterocycles. The van der Waals surface area contributed by atoms with Gasteiger partial charge in [-0.2, -0.15) is 0 Å². The van der Waals surface area contributed by atoms with Crippen LogP contribution in [0.4, 0.5) is 5.69 Å². The van der Waals surface area contributed by atoms with Crippen molar-refractivity contribution in [3.63, 3.8) is 0 Å². The SMILES string of the molecule is O=C1C[C@@H](c2cccc(Br)c2)c2scc(-c3ccccc3)c2N1. The molecule has 114 valence electrons. The Morgan fingerprint density at radius 1 is 1.09 bits per heavy atom. The van der Waals surface area contributed by atoms with Crippen molar-refractivity contribution in [2.75, 3.05) is 5.32 Å². The predicted octanol–water partition coefficient (Wildman–Crippen LogP) is 5.65. The average molecular weight is 384 g/mol. The van der Waals surface area contributed by atoms with Crippen LogP contribution in [0.3, 0.4) is 0 Å². The fourth-order valence-corrected chi connectivity index (χ4v) is 4.63. The lowest BCUT2D eigenvalue weighted by molar-refractivity contribution is -0.116. The molecule has 2 nitrogen and oxygen atoms in total. The van der Waals surface area contributed by atoms with E-state index in [0.717, 1.165) is 21.3 Å². The van der Waals surface area contributed by atoms with Gasteiger partial charge in [-0.25, -0.2) is 0 Å². The van der Waals surface area contributed by atoms with E-state index in [1.165, 1.54) is 10.4 Å². The van der Waals surface area contributed by atoms with E-state index in [1.807, 2.05) is 30.3 Å². The molecule has 0 fully saturated rings. The van der Waals surface area contributed by atoms with E-state index in [0.29, 0.717) is 6.42 Å². The maximum Gasteiger partial charge on any atom is 0.225 e. The zero-order chi connectivity index (χ0) is 15.8. The number of anilines is 1. The molecule has 0 saturated carbocycles. The number of carbonyl (C=O) groups is 1. The number of carbonyl (C=O) groups excluding carboxylic acids is 1. The number of fused-ring (bicyclic) bond motifs is 1. The number of amides is 1. The largest absolute Gasteiger partial charge is 0.325 e. The standard InChI is InChI=1S/C19H14BrNOS/c20-14-8-4-7-13(9-14)15-10-17(22)21-18-16(11-23-19(15)18)12-5-2-1-3-6-12/h1-9,11,15H,10H2,(H,21,22)/t15-/m0/s1. The highest BCUT2D eigenvalue weighted by atomic mass is 79.9. The minimum absolute atomic E-state index is 0.0815. The number of rotatable bonds is 2. The first-order chi connectivity index (χ1) is 11.2. The van der Waals surface area contributed by atoms with Gasteiger partial charge in [0.2, 0.25) is 5.91 Å². The van der Waals surface area contributed by atoms with Gasteiger partial charge in [-0.1, -0.05) is 58.4 Å². The van der Waals surface area contributed by atoms with Crippen molar-refractivity contribution >= 4 is 38.9 Å². The van der Waals surface area contributed by atoms with E-state index in [4.69, 9.17) is 0 Å². The predicted molar refractivity (Wildman–Crippen MR) is 99.0 cm³/mol. The van der Waals surface area contributed by atoms with Gasteiger partial charge in [0.05, 0.1) is 5.69 Å². The Balaban J connectivity index is 1.83. The van der Waals surface area contributed by atoms with Crippen molar-refractivity contribution in [2.24, 2.45) is 0 Å². The van der Waals surface area contributed by atoms with Gasteiger partial charge < -0.3 is 5.32 Å². The number of nitrogens with one attached hydrogen (secondary N) is 1. The van der Waals surface area contributed by atoms with Crippen LogP contribution in [-0.2, 0) is 4.79 Å². The van der Waals surface area contributed by atoms with Crippen LogP contribution in [0.2, 0.25) is 0 Å². The van der Waals surface area contributed by atoms with E-state index in [2.05, 4.69) is 50.9 Å². The molecule has 4 heteroatoms. The quantitative estimate of drug-likeness (QED) is 0.608. The Labute approximate surface area is 147 Å². The number of benzene rings is 2. The Bertz CT molecular complexity index is 872. The molecule has 0 aliphatic carbocycles. The Morgan fingerprint density at radius 2 is 1.91 bits per heavy atom. The lowest BCUT2D eigenvalue weighted by Crippen LogP contribution is -2.22. The fraction of sp³-hybridized carbons (Fsp3) is 0.105. The summed E-state index contributed by atoms with van der Waals surface area (Å²) in [5, 5.41) is 5.23. The second-order valence-electron chi connectivity index (χ2n) is 5.61. The summed E-state index contributed by atoms with van der Waals surface area (Å²) in [5.74, 6) is 0.205. The van der Waals surface area contributed by atoms with Gasteiger partial charge in [-0.05, 0) is 23.3 Å². The van der Waals surface area contributed by atoms with Gasteiger partial charge in [-0.3, -0.25) is 4.79 Å². The monoisotopic (exact) mass is 383 g/mol. The third-order valence-corrected chi connectivity index (χ3v) is 5.72. The first-order valence-electron chi connectivity index (χ1n) is 7.44. The summed E-state index contributed by atoms with van der Waals surface area (Å²) in [7, 11) is 0. The number of thiophene rings is 1. The van der Waals surface area contributed by atoms with Crippen molar-refractivity contribution in [3.8, 4) is 11.1 Å². The van der Waals surface area contributed by atoms with Gasteiger partial charge in [0, 0.05) is 32.6 Å². The molecule has 1 atom stereocenters. The molecule has 1 amide bonds. The molecule has 23 heavy (non-hydrogen) atoms. The second-order valence-corrected chi connectivity index (χ2v) is 7.44. The Kier molecular flexibility index (Phi) is 3.79. The summed E-state index contributed by atoms with van der Waals surface area (Å²) >= 11 is 5.26. The van der Waals surface area contributed by atoms with Gasteiger partial charge in [-0.15, -0.1) is 11.3 Å². The fourth-order valence-electron chi connectivity index (χ4n) is 3.05. The summed E-state index contributed by atoms with van der Waals surface area (Å²) in [4.78, 5) is 13.5. The summed E-state index contributed by atoms with van der Waals surface area (Å²) in [6.07, 6.45) is 0.498. The van der Waals surface area contributed by atoms with E-state index in [9.17, 15) is 4.79 Å². The van der Waals surface area contributed by atoms with Crippen molar-refractivity contribution in [1.82, 2.24) is 0 Å². The molecule has 2 aromatic carbocycles. The highest BCUT2D eigenvalue weighted by Crippen LogP contribution is 2.46. The maximum absolute atomic E-state index is 12.3. The lowest BCUT2D eigenvalue weighted by Gasteiger charge is -2.24. The molecule has 0 spiro atoms. The Morgan fingerprint density at radius 3 is 2.70 bits per heavy atom. The molecule has 1 aromatic heterocycles. The van der Waals surface area contributed by atoms with Crippen LogP contribution >= 0.6 is 27.3 Å². The third kappa shape index (κ3) is 2.73. The summed E-state index contributed by atoms with van der Waals surface area (Å²) in [6, 6.07) is 18.5. The molecule has 4 rings (SSSR count). The number of hydrogen-bond donors (Lipinski definition) is 1. The molecular formula is C19H14BrNOS. The molecule has 0 radical (unpaired) electrons. The van der Waals surface area contributed by atoms with Crippen LogP contribution in [0.1, 0.15) is 22.8 Å². The van der Waals surface area contributed by atoms with Crippen LogP contribution in [0, 0.1) is 0 Å². The van der Waals surface area contributed by atoms with Crippen molar-refractivity contribution < 1.29 is 4.79 Å². The molecular weight excluding hydrogens is 370 g/mol. The molecule has 0 unspecified atom stereocenters. The van der Waals surface area contributed by atoms with E-state index in [-0.39, 0.29) is 11.8 Å². The summed E-state index contributed by atoms with van der Waals surface area (Å²) < 4.78 is 1.04. The summed E-state index contributed by atoms with van der Waals surface area (Å²) in [5.41, 5.74) is 4.40. The minimum Gasteiger partial charge on any atom is -0.325 e. The van der Waals surface area contributed by atoms with Crippen molar-refractivity contribution in [2.45, 2.75) is 12.3 Å². The van der Waals surface area contributed by atoms with E-state index in [1.54, 1.807) is 11.3 Å². The van der Waals surface area contributed by atoms with Crippen LogP contribution in [0.15, 0.2) is 64.5 Å². The zero-order valence-corrected chi connectivity index (χ0v) is 14.7. The average Bonchev–Trinajstić information content (AvgIpc) is 2.98. The molecule has 1 N–H and O–H groups in total. The van der Waals surface area contributed by atoms with Gasteiger partial charge >= 0.3 is 0 Å². The van der Waals surface area contributed by atoms with Crippen LogP contribution in [0.25, 0.3) is 11.1 Å². The third-order valence-electron chi connectivity index (χ3n) is 4.13. The first kappa shape index (κ1) is 14.7. The normalized spacial score (nSPS) is 16.7. The smallest absolute Gasteiger partial charge is 0.225 e. The highest BCUT2D eigenvalue weighted by Gasteiger charge is 2.30. The number of halogens is 1. The van der Waals surface area contributed by atoms with Crippen LogP contribution in [0.5, 0.6) is 0 Å². The minimum atomic E-state index is 0.0815. The first-order valence-corrected chi connectivity index (χ1v) is 9.12. The molecule has 0 saturated heterocycles. The van der Waals surface area contributed by atoms with Crippen LogP contribution < -0.4 is 5.32 Å². The van der Waals surface area contributed by atoms with Crippen LogP contribution in [-0.4, -0.2) is 5.91 Å². The zero-order valence-electron chi connectivity index (χ0n) is 12.3. The molecule has 0 bridgehead atoms. The van der Waals surface area contributed by atoms with E-state index >= 15 is 0 Å². The van der Waals surface area contributed by atoms with Gasteiger partial charge in [0.25, 0.3) is 0 Å². The topological polar surface area (TPSA) is 29.1 Å². The number of hydrogen-bond acceptors (Lipinski definition) is 2. The van der Waals surface area contributed by atoms with Crippen molar-refractivity contribution in [3.05, 3.63) is 74.9 Å². The van der Waals surface area contributed by atoms with Gasteiger partial charge in [0.15, 0.2) is 0 Å². The molecule has 1 aliphatic rings. The van der Waals surface area contributed by atoms with Crippen molar-refractivity contribution in [1.29, 1.82) is 0 Å². The second kappa shape index (κ2) is 5.95. The lowest BCUT2D eigenvalue weighted by atomic mass is 9.89. The van der Waals surface area contributed by atoms with E-state index < -0.39 is 0 Å². The summed E-state index contributed by atoms with van der Waals surface area (Å²) in [6.45, 7) is 0. The molecule has 3 aromatic rings. The highest BCUT2D eigenvalue weighted by molar-refractivity contribution is 9.10. The Hall–Kier alpha value is -1.91.